The van der Waals surface area contributed by atoms with Crippen LogP contribution in [0.15, 0.2) is 6.07 Å². The summed E-state index contributed by atoms with van der Waals surface area (Å²) < 4.78 is 0. The van der Waals surface area contributed by atoms with E-state index in [-0.39, 0.29) is 27.4 Å². The summed E-state index contributed by atoms with van der Waals surface area (Å²) in [5.41, 5.74) is 5.64. The zero-order chi connectivity index (χ0) is 10.2. The first-order valence-electron chi connectivity index (χ1n) is 3.47. The first kappa shape index (κ1) is 10.0. The number of carbonyl (C=O) groups excluding carboxylic acids is 1. The summed E-state index contributed by atoms with van der Waals surface area (Å²) in [5.74, 6) is -0.684. The zero-order valence-corrected chi connectivity index (χ0v) is 6.87. The van der Waals surface area contributed by atoms with Gasteiger partial charge in [-0.1, -0.05) is 11.5 Å². The third-order valence-corrected chi connectivity index (χ3v) is 1.75. The molecule has 6 heteroatoms. The maximum atomic E-state index is 10.8. The van der Waals surface area contributed by atoms with Gasteiger partial charge in [0.25, 0.3) is 0 Å². The van der Waals surface area contributed by atoms with E-state index >= 15 is 0 Å². The van der Waals surface area contributed by atoms with Crippen molar-refractivity contribution in [1.29, 1.82) is 0 Å². The van der Waals surface area contributed by atoms with Crippen molar-refractivity contribution in [3.8, 4) is 0 Å². The van der Waals surface area contributed by atoms with Gasteiger partial charge in [0.1, 0.15) is 31.4 Å². The predicted octanol–water partition coefficient (Wildman–Crippen LogP) is -4.04. The molecule has 2 nitrogen and oxygen atoms in total. The molecule has 0 aliphatic rings. The molecule has 1 rings (SSSR count). The van der Waals surface area contributed by atoms with Crippen LogP contribution in [0.25, 0.3) is 0 Å². The standard InChI is InChI=1S/C7H3B4NO/c8-3-1-2(7(12)13)4(9)6(11)5(3)10/h1H,(H2,12,13). The number of carbonyl (C=O) groups is 1. The summed E-state index contributed by atoms with van der Waals surface area (Å²) in [7, 11) is 21.9. The lowest BCUT2D eigenvalue weighted by atomic mass is 9.65. The van der Waals surface area contributed by atoms with Crippen molar-refractivity contribution < 1.29 is 4.79 Å². The highest BCUT2D eigenvalue weighted by Crippen LogP contribution is 1.86. The predicted molar refractivity (Wildman–Crippen MR) is 56.5 cm³/mol. The highest BCUT2D eigenvalue weighted by Gasteiger charge is 2.08. The number of amides is 1. The maximum Gasteiger partial charge on any atom is 0.248 e. The van der Waals surface area contributed by atoms with Crippen molar-refractivity contribution in [1.82, 2.24) is 0 Å². The summed E-state index contributed by atoms with van der Waals surface area (Å²) in [5, 5.41) is 0. The molecule has 54 valence electrons. The van der Waals surface area contributed by atoms with Gasteiger partial charge in [0, 0.05) is 5.56 Å². The lowest BCUT2D eigenvalue weighted by Crippen LogP contribution is -2.50. The van der Waals surface area contributed by atoms with Crippen LogP contribution in [0, 0.1) is 0 Å². The van der Waals surface area contributed by atoms with E-state index in [0.29, 0.717) is 0 Å². The molecule has 1 amide bonds. The van der Waals surface area contributed by atoms with E-state index in [1.54, 1.807) is 0 Å². The Labute approximate surface area is 81.9 Å². The van der Waals surface area contributed by atoms with Gasteiger partial charge in [-0.2, -0.15) is 0 Å². The minimum absolute atomic E-state index is 0.0687. The number of primary amides is 1. The molecule has 0 aromatic heterocycles. The Kier molecular flexibility index (Phi) is 2.60. The van der Waals surface area contributed by atoms with Crippen LogP contribution in [0.1, 0.15) is 10.4 Å². The Morgan fingerprint density at radius 3 is 2.08 bits per heavy atom. The van der Waals surface area contributed by atoms with E-state index in [2.05, 4.69) is 0 Å². The van der Waals surface area contributed by atoms with Crippen molar-refractivity contribution in [3.63, 3.8) is 0 Å². The van der Waals surface area contributed by atoms with E-state index in [9.17, 15) is 4.79 Å². The average molecular weight is 160 g/mol. The molecule has 0 saturated carbocycles. The third kappa shape index (κ3) is 1.67. The van der Waals surface area contributed by atoms with Gasteiger partial charge in [0.15, 0.2) is 0 Å². The van der Waals surface area contributed by atoms with Gasteiger partial charge < -0.3 is 5.73 Å². The summed E-state index contributed by atoms with van der Waals surface area (Å²) in [6.07, 6.45) is 0. The zero-order valence-electron chi connectivity index (χ0n) is 6.87. The van der Waals surface area contributed by atoms with Crippen LogP contribution in [0.4, 0.5) is 0 Å². The molecule has 0 atom stereocenters. The highest BCUT2D eigenvalue weighted by atomic mass is 16.1. The summed E-state index contributed by atoms with van der Waals surface area (Å²) in [6.45, 7) is 0. The normalized spacial score (nSPS) is 9.85. The number of hydrogen-bond acceptors (Lipinski definition) is 1. The van der Waals surface area contributed by atoms with E-state index in [1.165, 1.54) is 6.07 Å². The second-order valence-corrected chi connectivity index (χ2v) is 2.62. The fourth-order valence-corrected chi connectivity index (χ4v) is 0.961. The van der Waals surface area contributed by atoms with E-state index < -0.39 is 5.91 Å². The van der Waals surface area contributed by atoms with Crippen LogP contribution in [-0.4, -0.2) is 37.3 Å². The molecule has 0 heterocycles. The molecular formula is C7H3B4NO. The second kappa shape index (κ2) is 3.36. The highest BCUT2D eigenvalue weighted by molar-refractivity contribution is 6.63. The SMILES string of the molecule is [B]c1cc(C(N)=O)c([B])c([B])c1[B]. The molecule has 1 aromatic carbocycles. The number of benzene rings is 1. The van der Waals surface area contributed by atoms with Crippen LogP contribution in [-0.2, 0) is 0 Å². The monoisotopic (exact) mass is 161 g/mol. The van der Waals surface area contributed by atoms with Gasteiger partial charge in [-0.05, 0) is 0 Å². The van der Waals surface area contributed by atoms with Crippen LogP contribution in [0.5, 0.6) is 0 Å². The molecule has 13 heavy (non-hydrogen) atoms. The van der Waals surface area contributed by atoms with Gasteiger partial charge in [-0.25, -0.2) is 0 Å². The van der Waals surface area contributed by atoms with Gasteiger partial charge in [0.2, 0.25) is 5.91 Å². The van der Waals surface area contributed by atoms with Crippen LogP contribution in [0.3, 0.4) is 0 Å². The van der Waals surface area contributed by atoms with Crippen molar-refractivity contribution >= 4 is 59.1 Å². The molecule has 0 unspecified atom stereocenters. The molecular weight excluding hydrogens is 157 g/mol. The first-order valence-corrected chi connectivity index (χ1v) is 3.47. The maximum absolute atomic E-state index is 10.8. The lowest BCUT2D eigenvalue weighted by Gasteiger charge is -2.13. The fourth-order valence-electron chi connectivity index (χ4n) is 0.961. The molecule has 2 N–H and O–H groups in total. The Balaban J connectivity index is 3.50. The molecule has 0 aliphatic carbocycles. The molecule has 0 spiro atoms. The molecule has 0 saturated heterocycles. The van der Waals surface area contributed by atoms with Crippen molar-refractivity contribution in [3.05, 3.63) is 11.6 Å². The Morgan fingerprint density at radius 2 is 1.62 bits per heavy atom. The van der Waals surface area contributed by atoms with Crippen LogP contribution < -0.4 is 27.6 Å². The Morgan fingerprint density at radius 1 is 1.08 bits per heavy atom. The topological polar surface area (TPSA) is 43.1 Å². The van der Waals surface area contributed by atoms with Crippen molar-refractivity contribution in [2.24, 2.45) is 5.73 Å². The minimum atomic E-state index is -0.684. The van der Waals surface area contributed by atoms with Gasteiger partial charge in [0.05, 0.1) is 0 Å². The molecule has 1 aromatic rings. The van der Waals surface area contributed by atoms with Crippen molar-refractivity contribution in [2.75, 3.05) is 0 Å². The Bertz CT molecular complexity index is 377. The van der Waals surface area contributed by atoms with Gasteiger partial charge in [-0.3, -0.25) is 4.79 Å². The first-order chi connectivity index (χ1) is 5.95. The van der Waals surface area contributed by atoms with Crippen molar-refractivity contribution in [2.45, 2.75) is 0 Å². The number of nitrogens with two attached hydrogens (primary N) is 1. The van der Waals surface area contributed by atoms with Crippen LogP contribution in [0.2, 0.25) is 0 Å². The lowest BCUT2D eigenvalue weighted by molar-refractivity contribution is 0.100. The fraction of sp³-hybridized carbons (Fsp3) is 0. The summed E-state index contributed by atoms with van der Waals surface area (Å²) in [4.78, 5) is 10.8. The summed E-state index contributed by atoms with van der Waals surface area (Å²) >= 11 is 0. The van der Waals surface area contributed by atoms with E-state index in [4.69, 9.17) is 37.1 Å². The van der Waals surface area contributed by atoms with Gasteiger partial charge in [-0.15, -0.1) is 16.4 Å². The number of rotatable bonds is 1. The molecule has 0 aliphatic heterocycles. The number of hydrogen-bond donors (Lipinski definition) is 1. The second-order valence-electron chi connectivity index (χ2n) is 2.62. The van der Waals surface area contributed by atoms with Gasteiger partial charge >= 0.3 is 0 Å². The smallest absolute Gasteiger partial charge is 0.248 e. The molecule has 0 fully saturated rings. The van der Waals surface area contributed by atoms with E-state index in [1.807, 2.05) is 0 Å². The minimum Gasteiger partial charge on any atom is -0.366 e. The quantitative estimate of drug-likeness (QED) is 0.418. The largest absolute Gasteiger partial charge is 0.366 e. The molecule has 8 radical (unpaired) electrons. The third-order valence-electron chi connectivity index (χ3n) is 1.75. The summed E-state index contributed by atoms with van der Waals surface area (Å²) in [6, 6.07) is 1.31. The molecule has 0 bridgehead atoms. The average Bonchev–Trinajstić information content (AvgIpc) is 2.07. The van der Waals surface area contributed by atoms with E-state index in [0.717, 1.165) is 0 Å². The Hall–Kier alpha value is -1.05. The van der Waals surface area contributed by atoms with Crippen LogP contribution >= 0.6 is 0 Å².